The fourth-order valence-corrected chi connectivity index (χ4v) is 4.99. The smallest absolute Gasteiger partial charge is 0.296 e. The summed E-state index contributed by atoms with van der Waals surface area (Å²) in [6.07, 6.45) is 0. The normalized spacial score (nSPS) is 11.7. The molecule has 0 heterocycles. The Morgan fingerprint density at radius 2 is 1.79 bits per heavy atom. The van der Waals surface area contributed by atoms with Crippen molar-refractivity contribution >= 4 is 67.1 Å². The van der Waals surface area contributed by atoms with E-state index >= 15 is 0 Å². The summed E-state index contributed by atoms with van der Waals surface area (Å²) in [4.78, 5) is 12.7. The standard InChI is InChI=1S/C26H21Cl2N3O6S/c1-3-37-16-8-9-21(19(27)13-16)29-26(33)18-12-15-6-4-5-7-17(15)24(25(18)32)31-30-20-10-11-22(38(34,35)36)23(28)14(20)2/h4-13,32H,3H2,1-2H3,(H,29,33)(H,34,35,36). The Bertz CT molecular complexity index is 1710. The quantitative estimate of drug-likeness (QED) is 0.155. The van der Waals surface area contributed by atoms with Crippen LogP contribution < -0.4 is 10.1 Å². The fourth-order valence-electron chi connectivity index (χ4n) is 3.70. The molecule has 0 atom stereocenters. The molecule has 0 saturated carbocycles. The van der Waals surface area contributed by atoms with Gasteiger partial charge >= 0.3 is 0 Å². The Hall–Kier alpha value is -3.70. The molecular weight excluding hydrogens is 553 g/mol. The van der Waals surface area contributed by atoms with Crippen LogP contribution in [0.4, 0.5) is 17.1 Å². The van der Waals surface area contributed by atoms with Crippen LogP contribution in [-0.2, 0) is 10.1 Å². The van der Waals surface area contributed by atoms with E-state index in [9.17, 15) is 22.9 Å². The number of rotatable bonds is 7. The zero-order valence-electron chi connectivity index (χ0n) is 20.1. The number of halogens is 2. The van der Waals surface area contributed by atoms with Crippen LogP contribution in [0.25, 0.3) is 10.8 Å². The maximum atomic E-state index is 13.2. The molecule has 4 aromatic rings. The molecule has 9 nitrogen and oxygen atoms in total. The number of carbonyl (C=O) groups is 1. The number of ether oxygens (including phenoxy) is 1. The van der Waals surface area contributed by atoms with Crippen LogP contribution >= 0.6 is 23.2 Å². The molecule has 0 spiro atoms. The Labute approximate surface area is 228 Å². The van der Waals surface area contributed by atoms with Gasteiger partial charge in [0.2, 0.25) is 0 Å². The van der Waals surface area contributed by atoms with E-state index in [-0.39, 0.29) is 32.5 Å². The number of azo groups is 1. The van der Waals surface area contributed by atoms with Crippen molar-refractivity contribution in [3.8, 4) is 11.5 Å². The number of amides is 1. The third kappa shape index (κ3) is 5.58. The largest absolute Gasteiger partial charge is 0.505 e. The van der Waals surface area contributed by atoms with Gasteiger partial charge in [-0.25, -0.2) is 0 Å². The van der Waals surface area contributed by atoms with Gasteiger partial charge < -0.3 is 15.2 Å². The minimum absolute atomic E-state index is 0.0143. The van der Waals surface area contributed by atoms with Gasteiger partial charge in [-0.3, -0.25) is 9.35 Å². The van der Waals surface area contributed by atoms with E-state index < -0.39 is 26.7 Å². The third-order valence-corrected chi connectivity index (χ3v) is 7.41. The zero-order valence-corrected chi connectivity index (χ0v) is 22.4. The minimum atomic E-state index is -4.53. The average Bonchev–Trinajstić information content (AvgIpc) is 2.86. The highest BCUT2D eigenvalue weighted by Gasteiger charge is 2.21. The molecule has 0 bridgehead atoms. The average molecular weight is 574 g/mol. The van der Waals surface area contributed by atoms with Gasteiger partial charge in [0.15, 0.2) is 5.75 Å². The van der Waals surface area contributed by atoms with Crippen LogP contribution in [0.15, 0.2) is 75.8 Å². The number of nitrogens with zero attached hydrogens (tertiary/aromatic N) is 2. The van der Waals surface area contributed by atoms with Crippen LogP contribution in [0.3, 0.4) is 0 Å². The maximum absolute atomic E-state index is 13.2. The molecule has 12 heteroatoms. The molecule has 0 aliphatic rings. The predicted molar refractivity (Wildman–Crippen MR) is 146 cm³/mol. The second-order valence-corrected chi connectivity index (χ2v) is 10.2. The number of fused-ring (bicyclic) bond motifs is 1. The molecule has 0 radical (unpaired) electrons. The van der Waals surface area contributed by atoms with Crippen LogP contribution in [0.1, 0.15) is 22.8 Å². The third-order valence-electron chi connectivity index (χ3n) is 5.60. The summed E-state index contributed by atoms with van der Waals surface area (Å²) in [6.45, 7) is 3.81. The molecule has 0 aromatic heterocycles. The van der Waals surface area contributed by atoms with Gasteiger partial charge in [-0.2, -0.15) is 13.5 Å². The molecule has 4 aromatic carbocycles. The number of phenols is 1. The van der Waals surface area contributed by atoms with E-state index in [0.717, 1.165) is 6.07 Å². The van der Waals surface area contributed by atoms with Crippen molar-refractivity contribution in [3.05, 3.63) is 81.8 Å². The van der Waals surface area contributed by atoms with Gasteiger partial charge in [0.1, 0.15) is 16.3 Å². The second kappa shape index (κ2) is 11.0. The SMILES string of the molecule is CCOc1ccc(NC(=O)c2cc3ccccc3c(N=Nc3ccc(S(=O)(=O)O)c(Cl)c3C)c2O)c(Cl)c1. The van der Waals surface area contributed by atoms with Crippen molar-refractivity contribution in [2.45, 2.75) is 18.7 Å². The second-order valence-electron chi connectivity index (χ2n) is 8.07. The van der Waals surface area contributed by atoms with Crippen LogP contribution in [-0.4, -0.2) is 30.6 Å². The van der Waals surface area contributed by atoms with E-state index in [0.29, 0.717) is 28.8 Å². The minimum Gasteiger partial charge on any atom is -0.505 e. The summed E-state index contributed by atoms with van der Waals surface area (Å²) in [5, 5.41) is 23.2. The number of hydrogen-bond donors (Lipinski definition) is 3. The Morgan fingerprint density at radius 3 is 2.47 bits per heavy atom. The Kier molecular flexibility index (Phi) is 7.89. The highest BCUT2D eigenvalue weighted by Crippen LogP contribution is 2.41. The first-order chi connectivity index (χ1) is 18.0. The van der Waals surface area contributed by atoms with Crippen LogP contribution in [0, 0.1) is 6.92 Å². The van der Waals surface area contributed by atoms with Crippen molar-refractivity contribution in [3.63, 3.8) is 0 Å². The lowest BCUT2D eigenvalue weighted by atomic mass is 10.0. The van der Waals surface area contributed by atoms with E-state index in [4.69, 9.17) is 27.9 Å². The molecule has 0 aliphatic carbocycles. The Balaban J connectivity index is 1.75. The number of nitrogens with one attached hydrogen (secondary N) is 1. The molecule has 1 amide bonds. The number of aromatic hydroxyl groups is 1. The summed E-state index contributed by atoms with van der Waals surface area (Å²) < 4.78 is 37.8. The lowest BCUT2D eigenvalue weighted by Gasteiger charge is -2.13. The molecule has 0 fully saturated rings. The monoisotopic (exact) mass is 573 g/mol. The fraction of sp³-hybridized carbons (Fsp3) is 0.115. The molecule has 0 unspecified atom stereocenters. The van der Waals surface area contributed by atoms with Gasteiger partial charge in [0, 0.05) is 11.5 Å². The number of anilines is 1. The van der Waals surface area contributed by atoms with Gasteiger partial charge in [0.25, 0.3) is 16.0 Å². The van der Waals surface area contributed by atoms with Crippen molar-refractivity contribution in [2.24, 2.45) is 10.2 Å². The summed E-state index contributed by atoms with van der Waals surface area (Å²) in [6, 6.07) is 15.7. The molecule has 196 valence electrons. The molecule has 3 N–H and O–H groups in total. The van der Waals surface area contributed by atoms with Gasteiger partial charge in [-0.1, -0.05) is 47.5 Å². The predicted octanol–water partition coefficient (Wildman–Crippen LogP) is 7.47. The van der Waals surface area contributed by atoms with Gasteiger partial charge in [-0.15, -0.1) is 5.11 Å². The number of carbonyl (C=O) groups excluding carboxylic acids is 1. The van der Waals surface area contributed by atoms with E-state index in [2.05, 4.69) is 15.5 Å². The number of hydrogen-bond acceptors (Lipinski definition) is 7. The molecule has 0 saturated heterocycles. The number of benzene rings is 4. The molecule has 0 aliphatic heterocycles. The summed E-state index contributed by atoms with van der Waals surface area (Å²) >= 11 is 12.4. The first kappa shape index (κ1) is 27.3. The first-order valence-corrected chi connectivity index (χ1v) is 13.4. The molecule has 4 rings (SSSR count). The van der Waals surface area contributed by atoms with Crippen molar-refractivity contribution in [1.82, 2.24) is 0 Å². The highest BCUT2D eigenvalue weighted by atomic mass is 35.5. The van der Waals surface area contributed by atoms with E-state index in [1.165, 1.54) is 19.1 Å². The summed E-state index contributed by atoms with van der Waals surface area (Å²) in [5.74, 6) is -0.510. The molecule has 38 heavy (non-hydrogen) atoms. The summed E-state index contributed by atoms with van der Waals surface area (Å²) in [7, 11) is -4.53. The topological polar surface area (TPSA) is 138 Å². The van der Waals surface area contributed by atoms with Crippen molar-refractivity contribution in [1.29, 1.82) is 0 Å². The van der Waals surface area contributed by atoms with Crippen molar-refractivity contribution in [2.75, 3.05) is 11.9 Å². The van der Waals surface area contributed by atoms with Gasteiger partial charge in [-0.05, 0) is 55.1 Å². The number of phenolic OH excluding ortho intramolecular Hbond substituents is 1. The maximum Gasteiger partial charge on any atom is 0.296 e. The highest BCUT2D eigenvalue weighted by molar-refractivity contribution is 7.86. The lowest BCUT2D eigenvalue weighted by molar-refractivity contribution is 0.102. The van der Waals surface area contributed by atoms with Crippen molar-refractivity contribution < 1.29 is 27.6 Å². The van der Waals surface area contributed by atoms with Crippen LogP contribution in [0.5, 0.6) is 11.5 Å². The van der Waals surface area contributed by atoms with Crippen LogP contribution in [0.2, 0.25) is 10.0 Å². The lowest BCUT2D eigenvalue weighted by Crippen LogP contribution is -2.12. The molecular formula is C26H21Cl2N3O6S. The van der Waals surface area contributed by atoms with E-state index in [1.54, 1.807) is 42.5 Å². The van der Waals surface area contributed by atoms with E-state index in [1.807, 2.05) is 6.92 Å². The van der Waals surface area contributed by atoms with Gasteiger partial charge in [0.05, 0.1) is 33.6 Å². The Morgan fingerprint density at radius 1 is 1.05 bits per heavy atom. The zero-order chi connectivity index (χ0) is 27.6. The summed E-state index contributed by atoms with van der Waals surface area (Å²) in [5.41, 5.74) is 0.704. The first-order valence-electron chi connectivity index (χ1n) is 11.2.